The molecule has 0 saturated carbocycles. The van der Waals surface area contributed by atoms with Crippen LogP contribution in [0, 0.1) is 0 Å². The molecular weight excluding hydrogens is 342 g/mol. The molecule has 3 aromatic heterocycles. The predicted molar refractivity (Wildman–Crippen MR) is 102 cm³/mol. The molecule has 0 bridgehead atoms. The van der Waals surface area contributed by atoms with Gasteiger partial charge in [0.2, 0.25) is 5.95 Å². The number of aromatic amines is 1. The van der Waals surface area contributed by atoms with Gasteiger partial charge >= 0.3 is 0 Å². The van der Waals surface area contributed by atoms with Crippen LogP contribution in [0.5, 0.6) is 5.75 Å². The zero-order valence-electron chi connectivity index (χ0n) is 14.8. The van der Waals surface area contributed by atoms with Gasteiger partial charge in [0, 0.05) is 43.2 Å². The van der Waals surface area contributed by atoms with Gasteiger partial charge in [-0.3, -0.25) is 0 Å². The minimum Gasteiger partial charge on any atom is -0.497 e. The Balaban J connectivity index is 1.48. The summed E-state index contributed by atoms with van der Waals surface area (Å²) in [4.78, 5) is 16.0. The topological polar surface area (TPSA) is 93.5 Å². The number of ether oxygens (including phenoxy) is 1. The van der Waals surface area contributed by atoms with Crippen LogP contribution in [0.4, 0.5) is 5.95 Å². The largest absolute Gasteiger partial charge is 0.497 e. The zero-order valence-corrected chi connectivity index (χ0v) is 14.8. The first-order valence-electron chi connectivity index (χ1n) is 8.56. The van der Waals surface area contributed by atoms with E-state index in [1.807, 2.05) is 42.7 Å². The fraction of sp³-hybridized carbons (Fsp3) is 0.158. The van der Waals surface area contributed by atoms with Gasteiger partial charge in [0.05, 0.1) is 36.7 Å². The maximum Gasteiger partial charge on any atom is 0.223 e. The van der Waals surface area contributed by atoms with Crippen LogP contribution >= 0.6 is 0 Å². The average Bonchev–Trinajstić information content (AvgIpc) is 3.41. The number of hydrogen-bond acceptors (Lipinski definition) is 6. The lowest BCUT2D eigenvalue weighted by molar-refractivity contribution is 0.414. The predicted octanol–water partition coefficient (Wildman–Crippen LogP) is 2.72. The SMILES string of the molecule is COc1cccc(-n2cc(-c3ccnc(NCCc4c[nH]cn4)n3)cn2)c1. The third-order valence-corrected chi connectivity index (χ3v) is 4.07. The summed E-state index contributed by atoms with van der Waals surface area (Å²) in [6, 6.07) is 9.60. The van der Waals surface area contributed by atoms with Crippen molar-refractivity contribution in [2.24, 2.45) is 0 Å². The lowest BCUT2D eigenvalue weighted by atomic mass is 10.2. The van der Waals surface area contributed by atoms with Crippen molar-refractivity contribution in [3.8, 4) is 22.7 Å². The van der Waals surface area contributed by atoms with Gasteiger partial charge in [-0.05, 0) is 18.2 Å². The monoisotopic (exact) mass is 361 g/mol. The van der Waals surface area contributed by atoms with Crippen molar-refractivity contribution in [1.29, 1.82) is 0 Å². The molecule has 3 heterocycles. The van der Waals surface area contributed by atoms with Crippen LogP contribution in [0.3, 0.4) is 0 Å². The first kappa shape index (κ1) is 16.8. The van der Waals surface area contributed by atoms with E-state index >= 15 is 0 Å². The molecule has 0 aliphatic carbocycles. The van der Waals surface area contributed by atoms with E-state index < -0.39 is 0 Å². The molecule has 0 saturated heterocycles. The minimum absolute atomic E-state index is 0.581. The molecule has 2 N–H and O–H groups in total. The number of nitrogens with zero attached hydrogens (tertiary/aromatic N) is 5. The summed E-state index contributed by atoms with van der Waals surface area (Å²) in [5.74, 6) is 1.37. The van der Waals surface area contributed by atoms with E-state index in [9.17, 15) is 0 Å². The second-order valence-electron chi connectivity index (χ2n) is 5.88. The van der Waals surface area contributed by atoms with Crippen molar-refractivity contribution in [3.05, 3.63) is 67.1 Å². The number of rotatable bonds is 7. The van der Waals surface area contributed by atoms with E-state index in [0.717, 1.165) is 34.8 Å². The average molecular weight is 361 g/mol. The summed E-state index contributed by atoms with van der Waals surface area (Å²) in [6.07, 6.45) is 9.81. The zero-order chi connectivity index (χ0) is 18.5. The van der Waals surface area contributed by atoms with E-state index in [2.05, 4.69) is 30.4 Å². The number of H-pyrrole nitrogens is 1. The third kappa shape index (κ3) is 3.95. The van der Waals surface area contributed by atoms with E-state index in [1.54, 1.807) is 30.5 Å². The highest BCUT2D eigenvalue weighted by Crippen LogP contribution is 2.21. The maximum atomic E-state index is 5.27. The highest BCUT2D eigenvalue weighted by atomic mass is 16.5. The number of aromatic nitrogens is 6. The molecule has 4 aromatic rings. The molecule has 8 heteroatoms. The second-order valence-corrected chi connectivity index (χ2v) is 5.88. The molecular formula is C19H19N7O. The highest BCUT2D eigenvalue weighted by Gasteiger charge is 2.07. The van der Waals surface area contributed by atoms with Crippen molar-refractivity contribution in [3.63, 3.8) is 0 Å². The molecule has 0 radical (unpaired) electrons. The molecule has 27 heavy (non-hydrogen) atoms. The molecule has 0 atom stereocenters. The van der Waals surface area contributed by atoms with Crippen LogP contribution in [0.1, 0.15) is 5.69 Å². The summed E-state index contributed by atoms with van der Waals surface area (Å²) >= 11 is 0. The van der Waals surface area contributed by atoms with E-state index in [4.69, 9.17) is 4.74 Å². The van der Waals surface area contributed by atoms with Gasteiger partial charge in [-0.2, -0.15) is 5.10 Å². The molecule has 4 rings (SSSR count). The Bertz CT molecular complexity index is 1010. The summed E-state index contributed by atoms with van der Waals surface area (Å²) in [6.45, 7) is 0.706. The minimum atomic E-state index is 0.581. The maximum absolute atomic E-state index is 5.27. The van der Waals surface area contributed by atoms with Gasteiger partial charge in [-0.25, -0.2) is 19.6 Å². The Labute approximate surface area is 156 Å². The molecule has 0 spiro atoms. The van der Waals surface area contributed by atoms with Crippen molar-refractivity contribution >= 4 is 5.95 Å². The number of benzene rings is 1. The lowest BCUT2D eigenvalue weighted by Crippen LogP contribution is -2.08. The number of hydrogen-bond donors (Lipinski definition) is 2. The van der Waals surface area contributed by atoms with Crippen LogP contribution in [0.15, 0.2) is 61.4 Å². The van der Waals surface area contributed by atoms with E-state index in [0.29, 0.717) is 12.5 Å². The van der Waals surface area contributed by atoms with Gasteiger partial charge in [-0.15, -0.1) is 0 Å². The molecule has 0 unspecified atom stereocenters. The van der Waals surface area contributed by atoms with Gasteiger partial charge in [0.25, 0.3) is 0 Å². The molecule has 0 aliphatic rings. The van der Waals surface area contributed by atoms with Gasteiger partial charge in [0.15, 0.2) is 0 Å². The van der Waals surface area contributed by atoms with E-state index in [-0.39, 0.29) is 0 Å². The molecule has 0 fully saturated rings. The van der Waals surface area contributed by atoms with Crippen molar-refractivity contribution < 1.29 is 4.74 Å². The number of anilines is 1. The summed E-state index contributed by atoms with van der Waals surface area (Å²) in [5.41, 5.74) is 3.64. The van der Waals surface area contributed by atoms with Crippen LogP contribution in [0.2, 0.25) is 0 Å². The molecule has 0 amide bonds. The fourth-order valence-electron chi connectivity index (χ4n) is 2.68. The first-order chi connectivity index (χ1) is 13.3. The Hall–Kier alpha value is -3.68. The van der Waals surface area contributed by atoms with Gasteiger partial charge in [-0.1, -0.05) is 6.07 Å². The standard InChI is InChI=1S/C19H19N7O/c1-27-17-4-2-3-16(9-17)26-12-14(10-24-26)18-6-8-22-19(25-18)21-7-5-15-11-20-13-23-15/h2-4,6,8-13H,5,7H2,1H3,(H,20,23)(H,21,22,25). The van der Waals surface area contributed by atoms with E-state index in [1.165, 1.54) is 0 Å². The smallest absolute Gasteiger partial charge is 0.223 e. The summed E-state index contributed by atoms with van der Waals surface area (Å²) in [5, 5.41) is 7.66. The number of imidazole rings is 1. The quantitative estimate of drug-likeness (QED) is 0.526. The Morgan fingerprint density at radius 3 is 3.04 bits per heavy atom. The van der Waals surface area contributed by atoms with Crippen LogP contribution in [-0.4, -0.2) is 43.4 Å². The van der Waals surface area contributed by atoms with Crippen LogP contribution < -0.4 is 10.1 Å². The summed E-state index contributed by atoms with van der Waals surface area (Å²) < 4.78 is 7.07. The number of methoxy groups -OCH3 is 1. The van der Waals surface area contributed by atoms with Gasteiger partial charge < -0.3 is 15.0 Å². The molecule has 1 aromatic carbocycles. The third-order valence-electron chi connectivity index (χ3n) is 4.07. The lowest BCUT2D eigenvalue weighted by Gasteiger charge is -2.05. The molecule has 0 aliphatic heterocycles. The second kappa shape index (κ2) is 7.69. The molecule has 136 valence electrons. The highest BCUT2D eigenvalue weighted by molar-refractivity contribution is 5.59. The Morgan fingerprint density at radius 2 is 2.19 bits per heavy atom. The van der Waals surface area contributed by atoms with Crippen molar-refractivity contribution in [1.82, 2.24) is 29.7 Å². The fourth-order valence-corrected chi connectivity index (χ4v) is 2.68. The Morgan fingerprint density at radius 1 is 1.22 bits per heavy atom. The normalized spacial score (nSPS) is 10.7. The summed E-state index contributed by atoms with van der Waals surface area (Å²) in [7, 11) is 1.65. The van der Waals surface area contributed by atoms with Crippen molar-refractivity contribution in [2.45, 2.75) is 6.42 Å². The number of nitrogens with one attached hydrogen (secondary N) is 2. The molecule has 8 nitrogen and oxygen atoms in total. The van der Waals surface area contributed by atoms with Crippen molar-refractivity contribution in [2.75, 3.05) is 19.0 Å². The van der Waals surface area contributed by atoms with Crippen LogP contribution in [0.25, 0.3) is 16.9 Å². The van der Waals surface area contributed by atoms with Crippen LogP contribution in [-0.2, 0) is 6.42 Å². The first-order valence-corrected chi connectivity index (χ1v) is 8.56. The van der Waals surface area contributed by atoms with Gasteiger partial charge in [0.1, 0.15) is 5.75 Å². The Kier molecular flexibility index (Phi) is 4.78.